The van der Waals surface area contributed by atoms with Crippen LogP contribution < -0.4 is 0 Å². The van der Waals surface area contributed by atoms with Gasteiger partial charge >= 0.3 is 0 Å². The van der Waals surface area contributed by atoms with Gasteiger partial charge in [-0.2, -0.15) is 5.10 Å². The van der Waals surface area contributed by atoms with Gasteiger partial charge in [0.15, 0.2) is 11.3 Å². The zero-order valence-corrected chi connectivity index (χ0v) is 8.01. The third kappa shape index (κ3) is 1.22. The van der Waals surface area contributed by atoms with Crippen LogP contribution in [0.15, 0.2) is 24.5 Å². The quantitative estimate of drug-likeness (QED) is 0.655. The predicted molar refractivity (Wildman–Crippen MR) is 51.0 cm³/mol. The lowest BCUT2D eigenvalue weighted by Crippen LogP contribution is -2.23. The number of hydrogen-bond donors (Lipinski definition) is 0. The molecule has 0 atom stereocenters. The molecule has 0 bridgehead atoms. The molecule has 2 aromatic heterocycles. The third-order valence-corrected chi connectivity index (χ3v) is 1.90. The third-order valence-electron chi connectivity index (χ3n) is 1.90. The second-order valence-electron chi connectivity index (χ2n) is 3.14. The molecule has 0 aliphatic carbocycles. The maximum Gasteiger partial charge on any atom is 0.273 e. The molecular formula is C9H10N4O. The van der Waals surface area contributed by atoms with Crippen LogP contribution in [0, 0.1) is 0 Å². The van der Waals surface area contributed by atoms with Crippen LogP contribution in [0.3, 0.4) is 0 Å². The lowest BCUT2D eigenvalue weighted by atomic mass is 10.4. The molecule has 1 amide bonds. The fraction of sp³-hybridized carbons (Fsp3) is 0.222. The SMILES string of the molecule is CN(C)C(=O)c1cnc2cccnn12. The highest BCUT2D eigenvalue weighted by Crippen LogP contribution is 2.05. The summed E-state index contributed by atoms with van der Waals surface area (Å²) in [6, 6.07) is 3.59. The van der Waals surface area contributed by atoms with E-state index in [2.05, 4.69) is 10.1 Å². The molecule has 2 rings (SSSR count). The molecule has 0 aliphatic rings. The minimum atomic E-state index is -0.101. The van der Waals surface area contributed by atoms with Gasteiger partial charge in [0.1, 0.15) is 0 Å². The van der Waals surface area contributed by atoms with Crippen molar-refractivity contribution in [3.8, 4) is 0 Å². The summed E-state index contributed by atoms with van der Waals surface area (Å²) in [5.41, 5.74) is 1.16. The first-order valence-electron chi connectivity index (χ1n) is 4.20. The molecule has 0 aromatic carbocycles. The number of amides is 1. The number of nitrogens with zero attached hydrogens (tertiary/aromatic N) is 4. The van der Waals surface area contributed by atoms with E-state index >= 15 is 0 Å². The zero-order chi connectivity index (χ0) is 10.1. The standard InChI is InChI=1S/C9H10N4O/c1-12(2)9(14)7-6-10-8-4-3-5-11-13(7)8/h3-6H,1-2H3. The van der Waals surface area contributed by atoms with Crippen molar-refractivity contribution in [2.45, 2.75) is 0 Å². The Morgan fingerprint density at radius 3 is 3.00 bits per heavy atom. The van der Waals surface area contributed by atoms with Gasteiger partial charge in [0.2, 0.25) is 0 Å². The van der Waals surface area contributed by atoms with Crippen molar-refractivity contribution in [3.63, 3.8) is 0 Å². The first kappa shape index (κ1) is 8.68. The van der Waals surface area contributed by atoms with Crippen molar-refractivity contribution in [2.24, 2.45) is 0 Å². The molecule has 0 spiro atoms. The fourth-order valence-corrected chi connectivity index (χ4v) is 1.20. The van der Waals surface area contributed by atoms with Crippen LogP contribution in [-0.2, 0) is 0 Å². The molecule has 2 heterocycles. The Morgan fingerprint density at radius 1 is 1.50 bits per heavy atom. The Kier molecular flexibility index (Phi) is 1.92. The molecule has 0 unspecified atom stereocenters. The summed E-state index contributed by atoms with van der Waals surface area (Å²) in [5.74, 6) is -0.101. The van der Waals surface area contributed by atoms with E-state index in [0.717, 1.165) is 0 Å². The van der Waals surface area contributed by atoms with E-state index in [0.29, 0.717) is 11.3 Å². The lowest BCUT2D eigenvalue weighted by molar-refractivity contribution is 0.0819. The summed E-state index contributed by atoms with van der Waals surface area (Å²) in [6.45, 7) is 0. The number of aromatic nitrogens is 3. The zero-order valence-electron chi connectivity index (χ0n) is 8.01. The number of imidazole rings is 1. The number of carbonyl (C=O) groups is 1. The average molecular weight is 190 g/mol. The topological polar surface area (TPSA) is 50.5 Å². The van der Waals surface area contributed by atoms with E-state index in [1.165, 1.54) is 15.6 Å². The summed E-state index contributed by atoms with van der Waals surface area (Å²) >= 11 is 0. The summed E-state index contributed by atoms with van der Waals surface area (Å²) in [5, 5.41) is 4.05. The second kappa shape index (κ2) is 3.10. The van der Waals surface area contributed by atoms with Crippen molar-refractivity contribution in [1.82, 2.24) is 19.5 Å². The molecule has 5 heteroatoms. The predicted octanol–water partition coefficient (Wildman–Crippen LogP) is 0.431. The van der Waals surface area contributed by atoms with Gasteiger partial charge in [-0.05, 0) is 12.1 Å². The van der Waals surface area contributed by atoms with Crippen molar-refractivity contribution < 1.29 is 4.79 Å². The molecule has 5 nitrogen and oxygen atoms in total. The van der Waals surface area contributed by atoms with Gasteiger partial charge in [0, 0.05) is 20.3 Å². The van der Waals surface area contributed by atoms with E-state index < -0.39 is 0 Å². The lowest BCUT2D eigenvalue weighted by Gasteiger charge is -2.08. The molecule has 0 aliphatic heterocycles. The molecule has 0 N–H and O–H groups in total. The molecule has 72 valence electrons. The normalized spacial score (nSPS) is 10.4. The van der Waals surface area contributed by atoms with E-state index in [4.69, 9.17) is 0 Å². The molecule has 2 aromatic rings. The molecule has 14 heavy (non-hydrogen) atoms. The highest BCUT2D eigenvalue weighted by Gasteiger charge is 2.13. The van der Waals surface area contributed by atoms with E-state index in [1.54, 1.807) is 32.4 Å². The molecule has 0 saturated carbocycles. The van der Waals surface area contributed by atoms with Crippen molar-refractivity contribution in [3.05, 3.63) is 30.2 Å². The number of carbonyl (C=O) groups excluding carboxylic acids is 1. The van der Waals surface area contributed by atoms with E-state index in [-0.39, 0.29) is 5.91 Å². The Morgan fingerprint density at radius 2 is 2.29 bits per heavy atom. The van der Waals surface area contributed by atoms with Crippen LogP contribution in [0.5, 0.6) is 0 Å². The van der Waals surface area contributed by atoms with Crippen LogP contribution in [-0.4, -0.2) is 39.5 Å². The molecule has 0 saturated heterocycles. The Hall–Kier alpha value is -1.91. The van der Waals surface area contributed by atoms with Gasteiger partial charge in [-0.25, -0.2) is 9.50 Å². The highest BCUT2D eigenvalue weighted by molar-refractivity contribution is 5.92. The average Bonchev–Trinajstić information content (AvgIpc) is 2.60. The van der Waals surface area contributed by atoms with Gasteiger partial charge in [0.25, 0.3) is 5.91 Å². The minimum absolute atomic E-state index is 0.101. The molecular weight excluding hydrogens is 180 g/mol. The van der Waals surface area contributed by atoms with Gasteiger partial charge in [-0.3, -0.25) is 4.79 Å². The smallest absolute Gasteiger partial charge is 0.273 e. The maximum absolute atomic E-state index is 11.6. The Balaban J connectivity index is 2.58. The molecule has 0 fully saturated rings. The second-order valence-corrected chi connectivity index (χ2v) is 3.14. The van der Waals surface area contributed by atoms with Gasteiger partial charge < -0.3 is 4.90 Å². The fourth-order valence-electron chi connectivity index (χ4n) is 1.20. The first-order chi connectivity index (χ1) is 6.70. The van der Waals surface area contributed by atoms with Crippen LogP contribution in [0.4, 0.5) is 0 Å². The van der Waals surface area contributed by atoms with Crippen molar-refractivity contribution >= 4 is 11.6 Å². The van der Waals surface area contributed by atoms with Crippen LogP contribution in [0.25, 0.3) is 5.65 Å². The highest BCUT2D eigenvalue weighted by atomic mass is 16.2. The van der Waals surface area contributed by atoms with E-state index in [1.807, 2.05) is 0 Å². The monoisotopic (exact) mass is 190 g/mol. The number of rotatable bonds is 1. The number of fused-ring (bicyclic) bond motifs is 1. The first-order valence-corrected chi connectivity index (χ1v) is 4.20. The Labute approximate surface area is 81.0 Å². The summed E-state index contributed by atoms with van der Waals surface area (Å²) in [7, 11) is 3.40. The van der Waals surface area contributed by atoms with Gasteiger partial charge in [-0.1, -0.05) is 0 Å². The van der Waals surface area contributed by atoms with Crippen molar-refractivity contribution in [2.75, 3.05) is 14.1 Å². The van der Waals surface area contributed by atoms with Crippen LogP contribution >= 0.6 is 0 Å². The Bertz CT molecular complexity index is 474. The van der Waals surface area contributed by atoms with Crippen molar-refractivity contribution in [1.29, 1.82) is 0 Å². The largest absolute Gasteiger partial charge is 0.343 e. The van der Waals surface area contributed by atoms with Gasteiger partial charge in [0.05, 0.1) is 6.20 Å². The van der Waals surface area contributed by atoms with Gasteiger partial charge in [-0.15, -0.1) is 0 Å². The maximum atomic E-state index is 11.6. The minimum Gasteiger partial charge on any atom is -0.343 e. The van der Waals surface area contributed by atoms with Crippen LogP contribution in [0.1, 0.15) is 10.5 Å². The number of hydrogen-bond acceptors (Lipinski definition) is 3. The van der Waals surface area contributed by atoms with E-state index in [9.17, 15) is 4.79 Å². The molecule has 0 radical (unpaired) electrons. The summed E-state index contributed by atoms with van der Waals surface area (Å²) < 4.78 is 1.53. The van der Waals surface area contributed by atoms with Crippen LogP contribution in [0.2, 0.25) is 0 Å². The summed E-state index contributed by atoms with van der Waals surface area (Å²) in [6.07, 6.45) is 3.16. The summed E-state index contributed by atoms with van der Waals surface area (Å²) in [4.78, 5) is 17.2.